The van der Waals surface area contributed by atoms with Gasteiger partial charge < -0.3 is 5.32 Å². The zero-order valence-electron chi connectivity index (χ0n) is 9.76. The molecule has 0 saturated heterocycles. The lowest BCUT2D eigenvalue weighted by molar-refractivity contribution is 0.766. The average molecular weight is 350 g/mol. The first-order valence-corrected chi connectivity index (χ1v) is 6.65. The van der Waals surface area contributed by atoms with E-state index in [9.17, 15) is 0 Å². The third-order valence-electron chi connectivity index (χ3n) is 2.73. The Bertz CT molecular complexity index is 688. The van der Waals surface area contributed by atoms with Crippen LogP contribution in [0, 0.1) is 3.57 Å². The summed E-state index contributed by atoms with van der Waals surface area (Å²) in [4.78, 5) is 1.67. The van der Waals surface area contributed by atoms with Gasteiger partial charge in [0, 0.05) is 16.3 Å². The first kappa shape index (κ1) is 11.5. The highest BCUT2D eigenvalue weighted by molar-refractivity contribution is 14.1. The fourth-order valence-electron chi connectivity index (χ4n) is 1.76. The number of hydrogen-bond donors (Lipinski definition) is 1. The SMILES string of the molecule is CNc1ccc(-n2nc3ccc(I)cc3n2)cc1. The van der Waals surface area contributed by atoms with Crippen LogP contribution < -0.4 is 5.32 Å². The van der Waals surface area contributed by atoms with E-state index in [2.05, 4.69) is 38.1 Å². The zero-order chi connectivity index (χ0) is 12.5. The highest BCUT2D eigenvalue weighted by Crippen LogP contribution is 2.16. The number of aromatic nitrogens is 3. The Hall–Kier alpha value is -1.63. The number of nitrogens with zero attached hydrogens (tertiary/aromatic N) is 3. The summed E-state index contributed by atoms with van der Waals surface area (Å²) in [6.45, 7) is 0. The Morgan fingerprint density at radius 3 is 2.44 bits per heavy atom. The molecule has 0 aliphatic carbocycles. The van der Waals surface area contributed by atoms with Gasteiger partial charge >= 0.3 is 0 Å². The lowest BCUT2D eigenvalue weighted by atomic mass is 10.3. The van der Waals surface area contributed by atoms with E-state index in [1.165, 1.54) is 0 Å². The maximum Gasteiger partial charge on any atom is 0.114 e. The molecule has 0 spiro atoms. The van der Waals surface area contributed by atoms with E-state index in [1.807, 2.05) is 49.5 Å². The third-order valence-corrected chi connectivity index (χ3v) is 3.40. The number of fused-ring (bicyclic) bond motifs is 1. The van der Waals surface area contributed by atoms with Crippen LogP contribution in [-0.2, 0) is 0 Å². The topological polar surface area (TPSA) is 42.7 Å². The van der Waals surface area contributed by atoms with E-state index in [1.54, 1.807) is 4.80 Å². The molecule has 1 heterocycles. The Kier molecular flexibility index (Phi) is 2.91. The summed E-state index contributed by atoms with van der Waals surface area (Å²) in [7, 11) is 1.90. The molecule has 3 rings (SSSR count). The lowest BCUT2D eigenvalue weighted by Crippen LogP contribution is -1.98. The molecule has 0 amide bonds. The molecule has 0 atom stereocenters. The number of nitrogens with one attached hydrogen (secondary N) is 1. The van der Waals surface area contributed by atoms with E-state index < -0.39 is 0 Å². The molecule has 0 aliphatic rings. The minimum atomic E-state index is 0.910. The van der Waals surface area contributed by atoms with Gasteiger partial charge in [-0.15, -0.1) is 10.2 Å². The van der Waals surface area contributed by atoms with E-state index in [0.29, 0.717) is 0 Å². The van der Waals surface area contributed by atoms with Gasteiger partial charge in [0.2, 0.25) is 0 Å². The van der Waals surface area contributed by atoms with Crippen molar-refractivity contribution in [3.63, 3.8) is 0 Å². The standard InChI is InChI=1S/C13H11IN4/c1-15-10-3-5-11(6-4-10)18-16-12-7-2-9(14)8-13(12)17-18/h2-8,15H,1H3. The molecule has 1 aromatic heterocycles. The monoisotopic (exact) mass is 350 g/mol. The van der Waals surface area contributed by atoms with Crippen molar-refractivity contribution < 1.29 is 0 Å². The van der Waals surface area contributed by atoms with Crippen molar-refractivity contribution in [2.24, 2.45) is 0 Å². The second-order valence-corrected chi connectivity index (χ2v) is 5.16. The summed E-state index contributed by atoms with van der Waals surface area (Å²) >= 11 is 2.28. The van der Waals surface area contributed by atoms with Crippen LogP contribution in [0.5, 0.6) is 0 Å². The minimum Gasteiger partial charge on any atom is -0.388 e. The van der Waals surface area contributed by atoms with Crippen LogP contribution in [0.1, 0.15) is 0 Å². The predicted molar refractivity (Wildman–Crippen MR) is 81.1 cm³/mol. The quantitative estimate of drug-likeness (QED) is 0.723. The molecule has 0 saturated carbocycles. The molecule has 0 unspecified atom stereocenters. The van der Waals surface area contributed by atoms with Crippen LogP contribution in [0.15, 0.2) is 42.5 Å². The number of hydrogen-bond acceptors (Lipinski definition) is 3. The highest BCUT2D eigenvalue weighted by Gasteiger charge is 2.04. The van der Waals surface area contributed by atoms with Crippen molar-refractivity contribution in [2.45, 2.75) is 0 Å². The van der Waals surface area contributed by atoms with E-state index >= 15 is 0 Å². The molecule has 4 nitrogen and oxygen atoms in total. The maximum absolute atomic E-state index is 4.48. The fourth-order valence-corrected chi connectivity index (χ4v) is 2.24. The molecule has 0 aliphatic heterocycles. The van der Waals surface area contributed by atoms with Gasteiger partial charge in [0.15, 0.2) is 0 Å². The van der Waals surface area contributed by atoms with Crippen molar-refractivity contribution in [1.29, 1.82) is 0 Å². The summed E-state index contributed by atoms with van der Waals surface area (Å²) < 4.78 is 1.16. The van der Waals surface area contributed by atoms with Crippen LogP contribution in [-0.4, -0.2) is 22.0 Å². The molecule has 3 aromatic rings. The van der Waals surface area contributed by atoms with Gasteiger partial charge in [-0.3, -0.25) is 0 Å². The second-order valence-electron chi connectivity index (χ2n) is 3.92. The van der Waals surface area contributed by atoms with Crippen molar-refractivity contribution in [2.75, 3.05) is 12.4 Å². The Labute approximate surface area is 118 Å². The zero-order valence-corrected chi connectivity index (χ0v) is 11.9. The second kappa shape index (κ2) is 4.56. The van der Waals surface area contributed by atoms with Crippen LogP contribution in [0.25, 0.3) is 16.7 Å². The van der Waals surface area contributed by atoms with Gasteiger partial charge in [0.05, 0.1) is 5.69 Å². The molecule has 5 heteroatoms. The van der Waals surface area contributed by atoms with Gasteiger partial charge in [0.25, 0.3) is 0 Å². The van der Waals surface area contributed by atoms with Crippen LogP contribution in [0.4, 0.5) is 5.69 Å². The molecular formula is C13H11IN4. The number of anilines is 1. The smallest absolute Gasteiger partial charge is 0.114 e. The minimum absolute atomic E-state index is 0.910. The van der Waals surface area contributed by atoms with Crippen LogP contribution in [0.2, 0.25) is 0 Å². The largest absolute Gasteiger partial charge is 0.388 e. The van der Waals surface area contributed by atoms with Gasteiger partial charge in [-0.25, -0.2) is 0 Å². The van der Waals surface area contributed by atoms with Crippen LogP contribution >= 0.6 is 22.6 Å². The molecule has 0 radical (unpaired) electrons. The summed E-state index contributed by atoms with van der Waals surface area (Å²) in [6, 6.07) is 14.1. The summed E-state index contributed by atoms with van der Waals surface area (Å²) in [5, 5.41) is 12.0. The molecule has 0 fully saturated rings. The van der Waals surface area contributed by atoms with Gasteiger partial charge in [-0.1, -0.05) is 0 Å². The first-order chi connectivity index (χ1) is 8.76. The van der Waals surface area contributed by atoms with Gasteiger partial charge in [-0.2, -0.15) is 4.80 Å². The number of halogens is 1. The first-order valence-electron chi connectivity index (χ1n) is 5.57. The summed E-state index contributed by atoms with van der Waals surface area (Å²) in [6.07, 6.45) is 0. The van der Waals surface area contributed by atoms with Crippen molar-refractivity contribution in [3.8, 4) is 5.69 Å². The number of benzene rings is 2. The molecule has 18 heavy (non-hydrogen) atoms. The van der Waals surface area contributed by atoms with Crippen molar-refractivity contribution >= 4 is 39.3 Å². The van der Waals surface area contributed by atoms with Crippen molar-refractivity contribution in [1.82, 2.24) is 15.0 Å². The molecule has 90 valence electrons. The summed E-state index contributed by atoms with van der Waals surface area (Å²) in [5.74, 6) is 0. The average Bonchev–Trinajstić information content (AvgIpc) is 2.81. The van der Waals surface area contributed by atoms with E-state index in [0.717, 1.165) is 26.0 Å². The number of rotatable bonds is 2. The Balaban J connectivity index is 2.07. The molecular weight excluding hydrogens is 339 g/mol. The highest BCUT2D eigenvalue weighted by atomic mass is 127. The van der Waals surface area contributed by atoms with Gasteiger partial charge in [0.1, 0.15) is 11.0 Å². The third kappa shape index (κ3) is 2.05. The molecule has 2 aromatic carbocycles. The lowest BCUT2D eigenvalue weighted by Gasteiger charge is -2.01. The normalized spacial score (nSPS) is 10.8. The van der Waals surface area contributed by atoms with Crippen LogP contribution in [0.3, 0.4) is 0 Å². The Morgan fingerprint density at radius 1 is 1.00 bits per heavy atom. The molecule has 0 bridgehead atoms. The fraction of sp³-hybridized carbons (Fsp3) is 0.0769. The predicted octanol–water partition coefficient (Wildman–Crippen LogP) is 3.07. The Morgan fingerprint density at radius 2 is 1.72 bits per heavy atom. The van der Waals surface area contributed by atoms with E-state index in [4.69, 9.17) is 0 Å². The maximum atomic E-state index is 4.48. The summed E-state index contributed by atoms with van der Waals surface area (Å²) in [5.41, 5.74) is 3.86. The van der Waals surface area contributed by atoms with E-state index in [-0.39, 0.29) is 0 Å². The molecule has 1 N–H and O–H groups in total. The van der Waals surface area contributed by atoms with Crippen molar-refractivity contribution in [3.05, 3.63) is 46.0 Å². The van der Waals surface area contributed by atoms with Gasteiger partial charge in [-0.05, 0) is 65.1 Å².